The lowest BCUT2D eigenvalue weighted by Crippen LogP contribution is -2.40. The molecule has 0 saturated carbocycles. The van der Waals surface area contributed by atoms with Crippen LogP contribution in [0.15, 0.2) is 24.3 Å². The van der Waals surface area contributed by atoms with Crippen LogP contribution in [0.3, 0.4) is 0 Å². The van der Waals surface area contributed by atoms with E-state index in [-0.39, 0.29) is 6.04 Å². The van der Waals surface area contributed by atoms with Crippen molar-refractivity contribution in [1.82, 2.24) is 5.32 Å². The fourth-order valence-electron chi connectivity index (χ4n) is 2.47. The average Bonchev–Trinajstić information content (AvgIpc) is 2.44. The minimum Gasteiger partial charge on any atom is -0.387 e. The van der Waals surface area contributed by atoms with E-state index in [4.69, 9.17) is 0 Å². The molecule has 0 aliphatic rings. The van der Waals surface area contributed by atoms with E-state index < -0.39 is 6.10 Å². The second-order valence-corrected chi connectivity index (χ2v) is 6.28. The summed E-state index contributed by atoms with van der Waals surface area (Å²) in [5, 5.41) is 14.0. The maximum atomic E-state index is 10.5. The van der Waals surface area contributed by atoms with E-state index in [1.165, 1.54) is 5.56 Å². The van der Waals surface area contributed by atoms with Crippen molar-refractivity contribution in [3.8, 4) is 0 Å². The zero-order chi connectivity index (χ0) is 15.1. The highest BCUT2D eigenvalue weighted by Crippen LogP contribution is 2.21. The monoisotopic (exact) mass is 277 g/mol. The molecule has 3 unspecified atom stereocenters. The van der Waals surface area contributed by atoms with E-state index >= 15 is 0 Å². The third-order valence-corrected chi connectivity index (χ3v) is 3.90. The van der Waals surface area contributed by atoms with Gasteiger partial charge in [0.05, 0.1) is 6.10 Å². The molecule has 2 N–H and O–H groups in total. The third-order valence-electron chi connectivity index (χ3n) is 3.90. The minimum atomic E-state index is -0.429. The van der Waals surface area contributed by atoms with Crippen molar-refractivity contribution in [3.05, 3.63) is 35.4 Å². The Hall–Kier alpha value is -0.860. The summed E-state index contributed by atoms with van der Waals surface area (Å²) in [6.07, 6.45) is 2.68. The van der Waals surface area contributed by atoms with Crippen LogP contribution in [0.25, 0.3) is 0 Å². The van der Waals surface area contributed by atoms with Crippen LogP contribution in [0, 0.1) is 5.92 Å². The van der Waals surface area contributed by atoms with Gasteiger partial charge in [-0.3, -0.25) is 0 Å². The quantitative estimate of drug-likeness (QED) is 0.750. The summed E-state index contributed by atoms with van der Waals surface area (Å²) in [5.41, 5.74) is 2.36. The fourth-order valence-corrected chi connectivity index (χ4v) is 2.47. The molecule has 2 nitrogen and oxygen atoms in total. The summed E-state index contributed by atoms with van der Waals surface area (Å²) in [4.78, 5) is 0. The van der Waals surface area contributed by atoms with Crippen LogP contribution in [-0.2, 0) is 6.42 Å². The normalized spacial score (nSPS) is 16.1. The van der Waals surface area contributed by atoms with Crippen LogP contribution in [-0.4, -0.2) is 17.2 Å². The Kier molecular flexibility index (Phi) is 7.25. The van der Waals surface area contributed by atoms with Crippen LogP contribution in [0.2, 0.25) is 0 Å². The van der Waals surface area contributed by atoms with Gasteiger partial charge in [-0.1, -0.05) is 52.0 Å². The van der Waals surface area contributed by atoms with Crippen molar-refractivity contribution >= 4 is 0 Å². The lowest BCUT2D eigenvalue weighted by Gasteiger charge is -2.26. The molecule has 20 heavy (non-hydrogen) atoms. The SMILES string of the molecule is CCC(C)NC(CC)C(O)c1ccc(CC(C)C)cc1. The standard InChI is InChI=1S/C18H31NO/c1-6-14(5)19-17(7-2)18(20)16-10-8-15(9-11-16)12-13(3)4/h8-11,13-14,17-20H,6-7,12H2,1-5H3. The van der Waals surface area contributed by atoms with Crippen LogP contribution in [0.4, 0.5) is 0 Å². The zero-order valence-electron chi connectivity index (χ0n) is 13.7. The topological polar surface area (TPSA) is 32.3 Å². The average molecular weight is 277 g/mol. The Morgan fingerprint density at radius 2 is 1.60 bits per heavy atom. The van der Waals surface area contributed by atoms with Gasteiger partial charge >= 0.3 is 0 Å². The van der Waals surface area contributed by atoms with Crippen LogP contribution in [0.1, 0.15) is 64.7 Å². The van der Waals surface area contributed by atoms with E-state index in [0.717, 1.165) is 24.8 Å². The van der Waals surface area contributed by atoms with E-state index in [0.29, 0.717) is 12.0 Å². The molecule has 2 heteroatoms. The molecule has 1 aromatic carbocycles. The van der Waals surface area contributed by atoms with Gasteiger partial charge in [-0.2, -0.15) is 0 Å². The number of aliphatic hydroxyl groups excluding tert-OH is 1. The molecule has 3 atom stereocenters. The summed E-state index contributed by atoms with van der Waals surface area (Å²) < 4.78 is 0. The lowest BCUT2D eigenvalue weighted by atomic mass is 9.96. The predicted molar refractivity (Wildman–Crippen MR) is 86.9 cm³/mol. The third kappa shape index (κ3) is 5.26. The molecule has 0 heterocycles. The van der Waals surface area contributed by atoms with Crippen molar-refractivity contribution < 1.29 is 5.11 Å². The van der Waals surface area contributed by atoms with Crippen molar-refractivity contribution in [2.75, 3.05) is 0 Å². The summed E-state index contributed by atoms with van der Waals surface area (Å²) in [6.45, 7) is 10.9. The van der Waals surface area contributed by atoms with Gasteiger partial charge in [-0.15, -0.1) is 0 Å². The van der Waals surface area contributed by atoms with Gasteiger partial charge in [0.1, 0.15) is 0 Å². The molecular formula is C18H31NO. The highest BCUT2D eigenvalue weighted by molar-refractivity contribution is 5.25. The molecule has 0 aliphatic heterocycles. The first-order valence-corrected chi connectivity index (χ1v) is 8.00. The summed E-state index contributed by atoms with van der Waals surface area (Å²) in [5.74, 6) is 0.668. The number of aliphatic hydroxyl groups is 1. The van der Waals surface area contributed by atoms with Gasteiger partial charge in [0.25, 0.3) is 0 Å². The summed E-state index contributed by atoms with van der Waals surface area (Å²) in [6, 6.07) is 9.01. The lowest BCUT2D eigenvalue weighted by molar-refractivity contribution is 0.120. The number of nitrogens with one attached hydrogen (secondary N) is 1. The molecule has 0 aliphatic carbocycles. The molecule has 1 aromatic rings. The van der Waals surface area contributed by atoms with Crippen molar-refractivity contribution in [3.63, 3.8) is 0 Å². The van der Waals surface area contributed by atoms with Crippen molar-refractivity contribution in [2.24, 2.45) is 5.92 Å². The Morgan fingerprint density at radius 1 is 1.00 bits per heavy atom. The maximum absolute atomic E-state index is 10.5. The molecule has 114 valence electrons. The second kappa shape index (κ2) is 8.43. The van der Waals surface area contributed by atoms with Gasteiger partial charge in [-0.25, -0.2) is 0 Å². The Morgan fingerprint density at radius 3 is 2.05 bits per heavy atom. The van der Waals surface area contributed by atoms with Crippen molar-refractivity contribution in [1.29, 1.82) is 0 Å². The summed E-state index contributed by atoms with van der Waals surface area (Å²) in [7, 11) is 0. The highest BCUT2D eigenvalue weighted by atomic mass is 16.3. The second-order valence-electron chi connectivity index (χ2n) is 6.28. The fraction of sp³-hybridized carbons (Fsp3) is 0.667. The van der Waals surface area contributed by atoms with E-state index in [9.17, 15) is 5.11 Å². The smallest absolute Gasteiger partial charge is 0.0942 e. The highest BCUT2D eigenvalue weighted by Gasteiger charge is 2.20. The maximum Gasteiger partial charge on any atom is 0.0942 e. The van der Waals surface area contributed by atoms with Gasteiger partial charge < -0.3 is 10.4 Å². The Balaban J connectivity index is 2.71. The molecule has 0 spiro atoms. The molecule has 0 aromatic heterocycles. The number of hydrogen-bond donors (Lipinski definition) is 2. The predicted octanol–water partition coefficient (Wildman–Crippen LogP) is 4.09. The molecule has 0 fully saturated rings. The first kappa shape index (κ1) is 17.2. The number of rotatable bonds is 8. The molecule has 1 rings (SSSR count). The first-order chi connectivity index (χ1) is 9.47. The number of benzene rings is 1. The molecule has 0 saturated heterocycles. The Bertz CT molecular complexity index is 372. The Labute approximate surface area is 124 Å². The van der Waals surface area contributed by atoms with Gasteiger partial charge in [0.15, 0.2) is 0 Å². The molecule has 0 bridgehead atoms. The van der Waals surface area contributed by atoms with E-state index in [1.807, 2.05) is 0 Å². The molecule has 0 radical (unpaired) electrons. The van der Waals surface area contributed by atoms with Gasteiger partial charge in [-0.05, 0) is 43.2 Å². The van der Waals surface area contributed by atoms with Crippen LogP contribution >= 0.6 is 0 Å². The molecular weight excluding hydrogens is 246 g/mol. The van der Waals surface area contributed by atoms with Gasteiger partial charge in [0.2, 0.25) is 0 Å². The van der Waals surface area contributed by atoms with E-state index in [1.54, 1.807) is 0 Å². The first-order valence-electron chi connectivity index (χ1n) is 8.00. The summed E-state index contributed by atoms with van der Waals surface area (Å²) >= 11 is 0. The largest absolute Gasteiger partial charge is 0.387 e. The number of hydrogen-bond acceptors (Lipinski definition) is 2. The molecule has 0 amide bonds. The minimum absolute atomic E-state index is 0.126. The van der Waals surface area contributed by atoms with Crippen molar-refractivity contribution in [2.45, 2.75) is 72.1 Å². The van der Waals surface area contributed by atoms with E-state index in [2.05, 4.69) is 64.2 Å². The zero-order valence-corrected chi connectivity index (χ0v) is 13.7. The van der Waals surface area contributed by atoms with Gasteiger partial charge in [0, 0.05) is 12.1 Å². The van der Waals surface area contributed by atoms with Crippen LogP contribution in [0.5, 0.6) is 0 Å². The van der Waals surface area contributed by atoms with Crippen LogP contribution < -0.4 is 5.32 Å².